The van der Waals surface area contributed by atoms with E-state index in [2.05, 4.69) is 15.3 Å². The van der Waals surface area contributed by atoms with Crippen molar-refractivity contribution >= 4 is 16.9 Å². The predicted molar refractivity (Wildman–Crippen MR) is 126 cm³/mol. The van der Waals surface area contributed by atoms with Gasteiger partial charge in [0.25, 0.3) is 5.91 Å². The molecule has 0 aliphatic heterocycles. The number of carbonyl (C=O) groups is 1. The highest BCUT2D eigenvalue weighted by atomic mass is 16.3. The molecule has 0 unspecified atom stereocenters. The molecule has 1 amide bonds. The first-order valence-electron chi connectivity index (χ1n) is 10.9. The Hall–Kier alpha value is -3.84. The topological polar surface area (TPSA) is 97.1 Å². The fourth-order valence-corrected chi connectivity index (χ4v) is 3.75. The maximum absolute atomic E-state index is 13.0. The van der Waals surface area contributed by atoms with Gasteiger partial charge < -0.3 is 15.0 Å². The van der Waals surface area contributed by atoms with Gasteiger partial charge in [0.2, 0.25) is 5.43 Å². The van der Waals surface area contributed by atoms with Gasteiger partial charge >= 0.3 is 0 Å². The fourth-order valence-electron chi connectivity index (χ4n) is 3.75. The molecule has 1 aromatic carbocycles. The van der Waals surface area contributed by atoms with Crippen molar-refractivity contribution in [1.29, 1.82) is 0 Å². The van der Waals surface area contributed by atoms with Crippen molar-refractivity contribution in [2.45, 2.75) is 38.3 Å². The summed E-state index contributed by atoms with van der Waals surface area (Å²) in [6.07, 6.45) is 6.74. The fraction of sp³-hybridized carbons (Fsp3) is 0.231. The van der Waals surface area contributed by atoms with E-state index in [1.165, 1.54) is 0 Å². The highest BCUT2D eigenvalue weighted by molar-refractivity contribution is 5.97. The molecule has 2 N–H and O–H groups in total. The molecule has 1 aliphatic carbocycles. The monoisotopic (exact) mass is 440 g/mol. The molecule has 0 radical (unpaired) electrons. The Morgan fingerprint density at radius 2 is 1.94 bits per heavy atom. The van der Waals surface area contributed by atoms with Crippen LogP contribution in [-0.4, -0.2) is 31.6 Å². The van der Waals surface area contributed by atoms with Gasteiger partial charge in [-0.3, -0.25) is 14.6 Å². The van der Waals surface area contributed by atoms with Gasteiger partial charge in [0.15, 0.2) is 0 Å². The second kappa shape index (κ2) is 7.94. The molecule has 0 atom stereocenters. The number of fused-ring (bicyclic) bond motifs is 1. The van der Waals surface area contributed by atoms with Crippen LogP contribution >= 0.6 is 0 Å². The van der Waals surface area contributed by atoms with E-state index in [4.69, 9.17) is 0 Å². The van der Waals surface area contributed by atoms with E-state index < -0.39 is 5.60 Å². The number of nitrogens with zero attached hydrogens (tertiary/aromatic N) is 3. The largest absolute Gasteiger partial charge is 0.386 e. The number of rotatable bonds is 5. The number of aliphatic hydroxyl groups is 1. The molecular weight excluding hydrogens is 416 g/mol. The Labute approximate surface area is 190 Å². The van der Waals surface area contributed by atoms with Crippen LogP contribution in [0.15, 0.2) is 71.9 Å². The highest BCUT2D eigenvalue weighted by Gasteiger charge is 2.26. The van der Waals surface area contributed by atoms with Crippen LogP contribution in [0.2, 0.25) is 0 Å². The third-order valence-electron chi connectivity index (χ3n) is 5.81. The zero-order valence-corrected chi connectivity index (χ0v) is 18.4. The molecule has 3 aromatic heterocycles. The van der Waals surface area contributed by atoms with E-state index in [0.29, 0.717) is 11.0 Å². The molecule has 1 fully saturated rings. The Morgan fingerprint density at radius 1 is 1.12 bits per heavy atom. The van der Waals surface area contributed by atoms with Gasteiger partial charge in [0.1, 0.15) is 11.2 Å². The maximum atomic E-state index is 13.0. The van der Waals surface area contributed by atoms with E-state index in [9.17, 15) is 14.7 Å². The van der Waals surface area contributed by atoms with Crippen LogP contribution in [0.25, 0.3) is 28.0 Å². The van der Waals surface area contributed by atoms with Crippen LogP contribution in [0.3, 0.4) is 0 Å². The third-order valence-corrected chi connectivity index (χ3v) is 5.81. The molecule has 5 rings (SSSR count). The minimum absolute atomic E-state index is 0.0976. The molecular formula is C26H24N4O3. The molecule has 4 aromatic rings. The van der Waals surface area contributed by atoms with Crippen LogP contribution < -0.4 is 10.7 Å². The van der Waals surface area contributed by atoms with Crippen molar-refractivity contribution in [1.82, 2.24) is 19.9 Å². The normalized spacial score (nSPS) is 13.8. The number of aromatic nitrogens is 3. The SMILES string of the molecule is CC(C)(O)c1ccc(-c2cccc(-n3cc(C(=O)NC4CC4)c(=O)c4cccnc43)c2)nc1. The molecule has 1 aliphatic rings. The van der Waals surface area contributed by atoms with Gasteiger partial charge in [-0.05, 0) is 57.0 Å². The third kappa shape index (κ3) is 4.15. The first kappa shape index (κ1) is 21.0. The van der Waals surface area contributed by atoms with E-state index in [-0.39, 0.29) is 22.9 Å². The Kier molecular flexibility index (Phi) is 5.06. The molecule has 0 saturated heterocycles. The number of benzene rings is 1. The van der Waals surface area contributed by atoms with Crippen molar-refractivity contribution < 1.29 is 9.90 Å². The summed E-state index contributed by atoms with van der Waals surface area (Å²) in [4.78, 5) is 34.7. The lowest BCUT2D eigenvalue weighted by molar-refractivity contribution is 0.0782. The lowest BCUT2D eigenvalue weighted by atomic mass is 9.99. The average Bonchev–Trinajstić information content (AvgIpc) is 3.63. The van der Waals surface area contributed by atoms with Crippen LogP contribution in [0.5, 0.6) is 0 Å². The van der Waals surface area contributed by atoms with Gasteiger partial charge in [-0.2, -0.15) is 0 Å². The quantitative estimate of drug-likeness (QED) is 0.495. The zero-order valence-electron chi connectivity index (χ0n) is 18.4. The molecule has 166 valence electrons. The zero-order chi connectivity index (χ0) is 23.2. The number of carbonyl (C=O) groups excluding carboxylic acids is 1. The standard InChI is InChI=1S/C26H24N4O3/c1-26(2,33)17-8-11-22(28-14-17)16-5-3-6-19(13-16)30-15-21(25(32)29-18-9-10-18)23(31)20-7-4-12-27-24(20)30/h3-8,11-15,18,33H,9-10H2,1-2H3,(H,29,32). The van der Waals surface area contributed by atoms with Crippen LogP contribution in [0.4, 0.5) is 0 Å². The number of hydrogen-bond acceptors (Lipinski definition) is 5. The lowest BCUT2D eigenvalue weighted by Gasteiger charge is -2.17. The molecule has 0 spiro atoms. The van der Waals surface area contributed by atoms with Crippen molar-refractivity contribution in [3.05, 3.63) is 88.5 Å². The van der Waals surface area contributed by atoms with E-state index in [1.807, 2.05) is 36.4 Å². The van der Waals surface area contributed by atoms with Crippen molar-refractivity contribution in [3.8, 4) is 16.9 Å². The molecule has 7 nitrogen and oxygen atoms in total. The number of amides is 1. The van der Waals surface area contributed by atoms with E-state index in [1.54, 1.807) is 49.1 Å². The summed E-state index contributed by atoms with van der Waals surface area (Å²) < 4.78 is 1.77. The molecule has 33 heavy (non-hydrogen) atoms. The number of pyridine rings is 3. The Morgan fingerprint density at radius 3 is 2.64 bits per heavy atom. The summed E-state index contributed by atoms with van der Waals surface area (Å²) >= 11 is 0. The van der Waals surface area contributed by atoms with Crippen molar-refractivity contribution in [2.75, 3.05) is 0 Å². The van der Waals surface area contributed by atoms with Crippen LogP contribution in [-0.2, 0) is 5.60 Å². The van der Waals surface area contributed by atoms with Gasteiger partial charge in [-0.1, -0.05) is 18.2 Å². The van der Waals surface area contributed by atoms with Gasteiger partial charge in [0.05, 0.1) is 16.7 Å². The maximum Gasteiger partial charge on any atom is 0.257 e. The molecule has 7 heteroatoms. The van der Waals surface area contributed by atoms with Gasteiger partial charge in [-0.25, -0.2) is 4.98 Å². The van der Waals surface area contributed by atoms with Crippen molar-refractivity contribution in [2.24, 2.45) is 0 Å². The summed E-state index contributed by atoms with van der Waals surface area (Å²) in [5.41, 5.74) is 2.37. The summed E-state index contributed by atoms with van der Waals surface area (Å²) in [6, 6.07) is 14.9. The van der Waals surface area contributed by atoms with Crippen LogP contribution in [0.1, 0.15) is 42.6 Å². The Balaban J connectivity index is 1.61. The highest BCUT2D eigenvalue weighted by Crippen LogP contribution is 2.25. The summed E-state index contributed by atoms with van der Waals surface area (Å²) in [5.74, 6) is -0.359. The predicted octanol–water partition coefficient (Wildman–Crippen LogP) is 3.57. The minimum Gasteiger partial charge on any atom is -0.386 e. The van der Waals surface area contributed by atoms with Crippen LogP contribution in [0, 0.1) is 0 Å². The first-order valence-corrected chi connectivity index (χ1v) is 10.9. The molecule has 3 heterocycles. The Bertz CT molecular complexity index is 1410. The number of nitrogens with one attached hydrogen (secondary N) is 1. The average molecular weight is 441 g/mol. The van der Waals surface area contributed by atoms with E-state index >= 15 is 0 Å². The minimum atomic E-state index is -0.967. The molecule has 1 saturated carbocycles. The number of hydrogen-bond donors (Lipinski definition) is 2. The summed E-state index contributed by atoms with van der Waals surface area (Å²) in [5, 5.41) is 13.5. The van der Waals surface area contributed by atoms with Crippen molar-refractivity contribution in [3.63, 3.8) is 0 Å². The summed E-state index contributed by atoms with van der Waals surface area (Å²) in [7, 11) is 0. The van der Waals surface area contributed by atoms with Gasteiger partial charge in [0, 0.05) is 41.4 Å². The second-order valence-electron chi connectivity index (χ2n) is 8.91. The molecule has 0 bridgehead atoms. The first-order chi connectivity index (χ1) is 15.8. The van der Waals surface area contributed by atoms with Gasteiger partial charge in [-0.15, -0.1) is 0 Å². The summed E-state index contributed by atoms with van der Waals surface area (Å²) in [6.45, 7) is 3.44. The second-order valence-corrected chi connectivity index (χ2v) is 8.91. The van der Waals surface area contributed by atoms with E-state index in [0.717, 1.165) is 35.3 Å². The smallest absolute Gasteiger partial charge is 0.257 e. The lowest BCUT2D eigenvalue weighted by Crippen LogP contribution is -2.31.